The Morgan fingerprint density at radius 1 is 1.12 bits per heavy atom. The fourth-order valence-electron chi connectivity index (χ4n) is 2.50. The number of aliphatic hydroxyl groups excluding tert-OH is 4. The standard InChI is InChI=1S/C14H17NO9/c16-5-8-9(17)10(18)11(19)13(23-8)24-14-12(20)15(21)6-3-1-2-4-7(6)22-14/h1-4,8-11,13-14,16-19,21H,5H2/t8-,9-,10+,11-,13-,14-/m1/s1. The van der Waals surface area contributed by atoms with Gasteiger partial charge in [-0.2, -0.15) is 5.06 Å². The van der Waals surface area contributed by atoms with Crippen molar-refractivity contribution in [3.05, 3.63) is 24.3 Å². The Kier molecular flexibility index (Phi) is 4.69. The number of aliphatic hydroxyl groups is 4. The number of nitrogens with zero attached hydrogens (tertiary/aromatic N) is 1. The molecule has 1 aromatic carbocycles. The molecular formula is C14H17NO9. The highest BCUT2D eigenvalue weighted by atomic mass is 16.8. The van der Waals surface area contributed by atoms with E-state index in [1.807, 2.05) is 0 Å². The zero-order valence-electron chi connectivity index (χ0n) is 12.3. The van der Waals surface area contributed by atoms with Gasteiger partial charge in [-0.3, -0.25) is 10.0 Å². The van der Waals surface area contributed by atoms with Crippen molar-refractivity contribution in [3.8, 4) is 5.75 Å². The summed E-state index contributed by atoms with van der Waals surface area (Å²) in [5, 5.41) is 48.7. The molecule has 1 fully saturated rings. The second-order valence-corrected chi connectivity index (χ2v) is 5.40. The first-order valence-electron chi connectivity index (χ1n) is 7.18. The summed E-state index contributed by atoms with van der Waals surface area (Å²) in [6, 6.07) is 6.16. The van der Waals surface area contributed by atoms with Crippen LogP contribution in [-0.4, -0.2) is 75.1 Å². The van der Waals surface area contributed by atoms with Gasteiger partial charge >= 0.3 is 5.91 Å². The molecule has 132 valence electrons. The molecule has 3 rings (SSSR count). The van der Waals surface area contributed by atoms with Gasteiger partial charge in [0, 0.05) is 0 Å². The van der Waals surface area contributed by atoms with Crippen LogP contribution >= 0.6 is 0 Å². The molecule has 0 bridgehead atoms. The van der Waals surface area contributed by atoms with Gasteiger partial charge in [0.25, 0.3) is 6.29 Å². The van der Waals surface area contributed by atoms with Gasteiger partial charge in [-0.25, -0.2) is 0 Å². The molecule has 10 nitrogen and oxygen atoms in total. The van der Waals surface area contributed by atoms with Gasteiger partial charge in [0.15, 0.2) is 6.29 Å². The van der Waals surface area contributed by atoms with Crippen molar-refractivity contribution < 1.29 is 44.6 Å². The van der Waals surface area contributed by atoms with E-state index in [-0.39, 0.29) is 11.4 Å². The first kappa shape index (κ1) is 17.0. The molecule has 1 amide bonds. The maximum atomic E-state index is 12.1. The molecule has 0 aliphatic carbocycles. The van der Waals surface area contributed by atoms with E-state index < -0.39 is 49.5 Å². The van der Waals surface area contributed by atoms with E-state index in [0.717, 1.165) is 0 Å². The van der Waals surface area contributed by atoms with E-state index in [9.17, 15) is 25.3 Å². The van der Waals surface area contributed by atoms with Crippen LogP contribution in [0.1, 0.15) is 0 Å². The van der Waals surface area contributed by atoms with Crippen molar-refractivity contribution in [3.63, 3.8) is 0 Å². The summed E-state index contributed by atoms with van der Waals surface area (Å²) in [5.74, 6) is -0.806. The average molecular weight is 343 g/mol. The van der Waals surface area contributed by atoms with E-state index in [1.54, 1.807) is 12.1 Å². The molecule has 2 aliphatic rings. The van der Waals surface area contributed by atoms with Crippen LogP contribution in [0.2, 0.25) is 0 Å². The molecule has 1 aromatic rings. The molecule has 0 radical (unpaired) electrons. The summed E-state index contributed by atoms with van der Waals surface area (Å²) in [6.07, 6.45) is -9.30. The highest BCUT2D eigenvalue weighted by Crippen LogP contribution is 2.34. The monoisotopic (exact) mass is 343 g/mol. The molecule has 0 unspecified atom stereocenters. The Hall–Kier alpha value is -1.79. The van der Waals surface area contributed by atoms with Crippen molar-refractivity contribution >= 4 is 11.6 Å². The molecule has 0 aromatic heterocycles. The van der Waals surface area contributed by atoms with Crippen molar-refractivity contribution in [1.29, 1.82) is 0 Å². The lowest BCUT2D eigenvalue weighted by molar-refractivity contribution is -0.323. The topological polar surface area (TPSA) is 149 Å². The summed E-state index contributed by atoms with van der Waals surface area (Å²) in [7, 11) is 0. The zero-order valence-corrected chi connectivity index (χ0v) is 12.3. The Labute approximate surface area is 136 Å². The fraction of sp³-hybridized carbons (Fsp3) is 0.500. The SMILES string of the molecule is O=C1[C@@H](O[C@H]2O[C@H](CO)[C@@H](O)[C@H](O)[C@H]2O)Oc2ccccc2N1O. The minimum absolute atomic E-state index is 0.121. The number of rotatable bonds is 3. The molecule has 0 spiro atoms. The fourth-order valence-corrected chi connectivity index (χ4v) is 2.50. The summed E-state index contributed by atoms with van der Waals surface area (Å²) in [4.78, 5) is 12.1. The van der Waals surface area contributed by atoms with Crippen LogP contribution in [0.15, 0.2) is 24.3 Å². The summed E-state index contributed by atoms with van der Waals surface area (Å²) in [6.45, 7) is -0.640. The number of hydrogen-bond acceptors (Lipinski definition) is 9. The quantitative estimate of drug-likeness (QED) is 0.391. The Morgan fingerprint density at radius 2 is 1.83 bits per heavy atom. The maximum Gasteiger partial charge on any atom is 0.320 e. The third-order valence-electron chi connectivity index (χ3n) is 3.84. The number of para-hydroxylation sites is 2. The lowest BCUT2D eigenvalue weighted by Gasteiger charge is -2.41. The van der Waals surface area contributed by atoms with Crippen LogP contribution in [0.3, 0.4) is 0 Å². The highest BCUT2D eigenvalue weighted by Gasteiger charge is 2.47. The van der Waals surface area contributed by atoms with Crippen LogP contribution in [-0.2, 0) is 14.3 Å². The Balaban J connectivity index is 1.77. The number of carbonyl (C=O) groups excluding carboxylic acids is 1. The first-order chi connectivity index (χ1) is 11.4. The Bertz CT molecular complexity index is 610. The number of fused-ring (bicyclic) bond motifs is 1. The van der Waals surface area contributed by atoms with Crippen LogP contribution < -0.4 is 9.80 Å². The number of hydrogen-bond donors (Lipinski definition) is 5. The molecule has 2 heterocycles. The van der Waals surface area contributed by atoms with Crippen LogP contribution in [0.5, 0.6) is 5.75 Å². The number of anilines is 1. The molecule has 2 aliphatic heterocycles. The van der Waals surface area contributed by atoms with Crippen LogP contribution in [0, 0.1) is 0 Å². The number of carbonyl (C=O) groups is 1. The lowest BCUT2D eigenvalue weighted by atomic mass is 9.99. The first-order valence-corrected chi connectivity index (χ1v) is 7.18. The number of ether oxygens (including phenoxy) is 3. The van der Waals surface area contributed by atoms with E-state index in [2.05, 4.69) is 0 Å². The van der Waals surface area contributed by atoms with Gasteiger partial charge < -0.3 is 34.6 Å². The molecule has 5 N–H and O–H groups in total. The lowest BCUT2D eigenvalue weighted by Crippen LogP contribution is -2.61. The van der Waals surface area contributed by atoms with Crippen LogP contribution in [0.4, 0.5) is 5.69 Å². The van der Waals surface area contributed by atoms with Gasteiger partial charge in [0.05, 0.1) is 6.61 Å². The molecule has 6 atom stereocenters. The molecule has 1 saturated heterocycles. The number of amides is 1. The Morgan fingerprint density at radius 3 is 2.54 bits per heavy atom. The van der Waals surface area contributed by atoms with Crippen molar-refractivity contribution in [1.82, 2.24) is 0 Å². The second-order valence-electron chi connectivity index (χ2n) is 5.40. The van der Waals surface area contributed by atoms with E-state index >= 15 is 0 Å². The highest BCUT2D eigenvalue weighted by molar-refractivity contribution is 5.97. The van der Waals surface area contributed by atoms with Crippen molar-refractivity contribution in [2.24, 2.45) is 0 Å². The minimum atomic E-state index is -1.69. The molecule has 0 saturated carbocycles. The molecular weight excluding hydrogens is 326 g/mol. The van der Waals surface area contributed by atoms with Gasteiger partial charge in [0.2, 0.25) is 0 Å². The van der Waals surface area contributed by atoms with Crippen LogP contribution in [0.25, 0.3) is 0 Å². The van der Waals surface area contributed by atoms with Gasteiger partial charge in [-0.1, -0.05) is 12.1 Å². The van der Waals surface area contributed by atoms with Crippen molar-refractivity contribution in [2.45, 2.75) is 37.0 Å². The third-order valence-corrected chi connectivity index (χ3v) is 3.84. The van der Waals surface area contributed by atoms with E-state index in [0.29, 0.717) is 5.06 Å². The number of benzene rings is 1. The summed E-state index contributed by atoms with van der Waals surface area (Å²) >= 11 is 0. The second kappa shape index (κ2) is 6.61. The van der Waals surface area contributed by atoms with Gasteiger partial charge in [-0.15, -0.1) is 0 Å². The van der Waals surface area contributed by atoms with Gasteiger partial charge in [0.1, 0.15) is 35.9 Å². The predicted octanol–water partition coefficient (Wildman–Crippen LogP) is -2.06. The maximum absolute atomic E-state index is 12.1. The molecule has 24 heavy (non-hydrogen) atoms. The van der Waals surface area contributed by atoms with E-state index in [4.69, 9.17) is 19.3 Å². The van der Waals surface area contributed by atoms with Crippen molar-refractivity contribution in [2.75, 3.05) is 11.7 Å². The average Bonchev–Trinajstić information content (AvgIpc) is 2.59. The minimum Gasteiger partial charge on any atom is -0.453 e. The zero-order chi connectivity index (χ0) is 17.4. The summed E-state index contributed by atoms with van der Waals surface area (Å²) in [5.41, 5.74) is 0.121. The predicted molar refractivity (Wildman–Crippen MR) is 75.0 cm³/mol. The van der Waals surface area contributed by atoms with Gasteiger partial charge in [-0.05, 0) is 12.1 Å². The van der Waals surface area contributed by atoms with E-state index in [1.165, 1.54) is 12.1 Å². The summed E-state index contributed by atoms with van der Waals surface area (Å²) < 4.78 is 15.7. The number of hydroxylamine groups is 1. The molecule has 10 heteroatoms. The normalized spacial score (nSPS) is 36.2. The smallest absolute Gasteiger partial charge is 0.320 e. The third kappa shape index (κ3) is 2.84. The largest absolute Gasteiger partial charge is 0.453 e.